The molecule has 1 heterocycles. The van der Waals surface area contributed by atoms with Gasteiger partial charge in [-0.1, -0.05) is 26.0 Å². The lowest BCUT2D eigenvalue weighted by molar-refractivity contribution is -0.160. The molecule has 0 bridgehead atoms. The smallest absolute Gasteiger partial charge is 0.329 e. The summed E-state index contributed by atoms with van der Waals surface area (Å²) in [6, 6.07) is 5.73. The Morgan fingerprint density at radius 1 is 1.09 bits per heavy atom. The van der Waals surface area contributed by atoms with Crippen molar-refractivity contribution in [2.75, 3.05) is 0 Å². The average Bonchev–Trinajstić information content (AvgIpc) is 2.67. The molecule has 0 spiro atoms. The largest absolute Gasteiger partial charge is 0.458 e. The van der Waals surface area contributed by atoms with Gasteiger partial charge in [-0.15, -0.1) is 0 Å². The molecule has 23 heavy (non-hydrogen) atoms. The quantitative estimate of drug-likeness (QED) is 0.632. The van der Waals surface area contributed by atoms with Crippen LogP contribution in [0.3, 0.4) is 0 Å². The maximum absolute atomic E-state index is 12.6. The second-order valence-electron chi connectivity index (χ2n) is 7.20. The Morgan fingerprint density at radius 3 is 1.96 bits per heavy atom. The molecule has 1 aromatic carbocycles. The molecule has 2 rings (SSSR count). The minimum Gasteiger partial charge on any atom is -0.458 e. The molecular formula is C18H23NO4. The minimum atomic E-state index is -0.901. The van der Waals surface area contributed by atoms with Gasteiger partial charge in [0.15, 0.2) is 0 Å². The molecule has 1 aliphatic rings. The van der Waals surface area contributed by atoms with Crippen molar-refractivity contribution in [2.45, 2.75) is 52.7 Å². The fourth-order valence-electron chi connectivity index (χ4n) is 2.61. The van der Waals surface area contributed by atoms with Gasteiger partial charge in [0.05, 0.1) is 11.1 Å². The van der Waals surface area contributed by atoms with Gasteiger partial charge in [-0.05, 0) is 45.2 Å². The normalized spacial score (nSPS) is 15.8. The number of benzene rings is 1. The van der Waals surface area contributed by atoms with Crippen LogP contribution in [0.2, 0.25) is 0 Å². The summed E-state index contributed by atoms with van der Waals surface area (Å²) in [5.41, 5.74) is 0.00923. The van der Waals surface area contributed by atoms with Crippen molar-refractivity contribution in [1.82, 2.24) is 4.90 Å². The standard InChI is InChI=1S/C18H23NO4/c1-11(2)10-14(17(22)23-18(3,4)5)19-15(20)12-8-6-7-9-13(12)16(19)21/h6-9,11,14H,10H2,1-5H3/t14-/m0/s1. The number of nitrogens with zero attached hydrogens (tertiary/aromatic N) is 1. The molecule has 1 aliphatic heterocycles. The van der Waals surface area contributed by atoms with E-state index < -0.39 is 29.4 Å². The molecule has 0 aromatic heterocycles. The van der Waals surface area contributed by atoms with Crippen molar-refractivity contribution >= 4 is 17.8 Å². The van der Waals surface area contributed by atoms with Crippen LogP contribution in [0.4, 0.5) is 0 Å². The van der Waals surface area contributed by atoms with E-state index in [1.807, 2.05) is 13.8 Å². The van der Waals surface area contributed by atoms with Gasteiger partial charge in [-0.25, -0.2) is 4.79 Å². The fraction of sp³-hybridized carbons (Fsp3) is 0.500. The zero-order valence-electron chi connectivity index (χ0n) is 14.3. The number of rotatable bonds is 4. The summed E-state index contributed by atoms with van der Waals surface area (Å²) < 4.78 is 5.42. The lowest BCUT2D eigenvalue weighted by Gasteiger charge is -2.29. The summed E-state index contributed by atoms with van der Waals surface area (Å²) in [5, 5.41) is 0. The van der Waals surface area contributed by atoms with Crippen LogP contribution in [0.5, 0.6) is 0 Å². The van der Waals surface area contributed by atoms with Gasteiger partial charge in [0, 0.05) is 0 Å². The molecule has 5 nitrogen and oxygen atoms in total. The van der Waals surface area contributed by atoms with Crippen molar-refractivity contribution in [3.63, 3.8) is 0 Å². The van der Waals surface area contributed by atoms with Crippen LogP contribution in [0.25, 0.3) is 0 Å². The number of amides is 2. The average molecular weight is 317 g/mol. The van der Waals surface area contributed by atoms with Gasteiger partial charge < -0.3 is 4.74 Å². The summed E-state index contributed by atoms with van der Waals surface area (Å²) in [7, 11) is 0. The third-order valence-electron chi connectivity index (χ3n) is 3.51. The van der Waals surface area contributed by atoms with Gasteiger partial charge >= 0.3 is 5.97 Å². The van der Waals surface area contributed by atoms with E-state index in [1.165, 1.54) is 0 Å². The molecular weight excluding hydrogens is 294 g/mol. The second-order valence-corrected chi connectivity index (χ2v) is 7.20. The fourth-order valence-corrected chi connectivity index (χ4v) is 2.61. The third kappa shape index (κ3) is 3.60. The van der Waals surface area contributed by atoms with E-state index in [-0.39, 0.29) is 5.92 Å². The Labute approximate surface area is 136 Å². The zero-order valence-corrected chi connectivity index (χ0v) is 14.3. The Kier molecular flexibility index (Phi) is 4.59. The van der Waals surface area contributed by atoms with Gasteiger partial charge in [0.1, 0.15) is 11.6 Å². The highest BCUT2D eigenvalue weighted by molar-refractivity contribution is 6.22. The van der Waals surface area contributed by atoms with E-state index in [2.05, 4.69) is 0 Å². The van der Waals surface area contributed by atoms with Crippen molar-refractivity contribution < 1.29 is 19.1 Å². The molecule has 0 fully saturated rings. The van der Waals surface area contributed by atoms with E-state index in [0.717, 1.165) is 4.90 Å². The minimum absolute atomic E-state index is 0.136. The molecule has 0 N–H and O–H groups in total. The summed E-state index contributed by atoms with van der Waals surface area (Å²) in [5.74, 6) is -1.26. The Bertz CT molecular complexity index is 608. The molecule has 0 saturated heterocycles. The molecule has 1 atom stereocenters. The molecule has 5 heteroatoms. The Morgan fingerprint density at radius 2 is 1.57 bits per heavy atom. The van der Waals surface area contributed by atoms with E-state index in [1.54, 1.807) is 45.0 Å². The molecule has 0 aliphatic carbocycles. The van der Waals surface area contributed by atoms with E-state index >= 15 is 0 Å². The number of esters is 1. The van der Waals surface area contributed by atoms with Crippen LogP contribution in [-0.2, 0) is 9.53 Å². The number of hydrogen-bond acceptors (Lipinski definition) is 4. The number of fused-ring (bicyclic) bond motifs is 1. The number of carbonyl (C=O) groups excluding carboxylic acids is 3. The number of carbonyl (C=O) groups is 3. The van der Waals surface area contributed by atoms with Gasteiger partial charge in [-0.3, -0.25) is 14.5 Å². The van der Waals surface area contributed by atoms with Gasteiger partial charge in [-0.2, -0.15) is 0 Å². The maximum Gasteiger partial charge on any atom is 0.329 e. The van der Waals surface area contributed by atoms with E-state index in [4.69, 9.17) is 4.74 Å². The molecule has 124 valence electrons. The number of ether oxygens (including phenoxy) is 1. The highest BCUT2D eigenvalue weighted by atomic mass is 16.6. The lowest BCUT2D eigenvalue weighted by atomic mass is 10.0. The van der Waals surface area contributed by atoms with Crippen molar-refractivity contribution in [1.29, 1.82) is 0 Å². The predicted octanol–water partition coefficient (Wildman–Crippen LogP) is 3.04. The molecule has 2 amide bonds. The van der Waals surface area contributed by atoms with Crippen molar-refractivity contribution in [2.24, 2.45) is 5.92 Å². The van der Waals surface area contributed by atoms with Gasteiger partial charge in [0.25, 0.3) is 11.8 Å². The first kappa shape index (κ1) is 17.2. The lowest BCUT2D eigenvalue weighted by Crippen LogP contribution is -2.48. The van der Waals surface area contributed by atoms with Crippen LogP contribution < -0.4 is 0 Å². The first-order valence-corrected chi connectivity index (χ1v) is 7.81. The highest BCUT2D eigenvalue weighted by Crippen LogP contribution is 2.28. The topological polar surface area (TPSA) is 63.7 Å². The highest BCUT2D eigenvalue weighted by Gasteiger charge is 2.44. The zero-order chi connectivity index (χ0) is 17.4. The summed E-state index contributed by atoms with van der Waals surface area (Å²) >= 11 is 0. The summed E-state index contributed by atoms with van der Waals surface area (Å²) in [4.78, 5) is 38.8. The summed E-state index contributed by atoms with van der Waals surface area (Å²) in [6.45, 7) is 9.17. The van der Waals surface area contributed by atoms with Crippen molar-refractivity contribution in [3.05, 3.63) is 35.4 Å². The van der Waals surface area contributed by atoms with Crippen LogP contribution >= 0.6 is 0 Å². The molecule has 0 radical (unpaired) electrons. The van der Waals surface area contributed by atoms with Crippen LogP contribution in [0, 0.1) is 5.92 Å². The maximum atomic E-state index is 12.6. The van der Waals surface area contributed by atoms with Crippen molar-refractivity contribution in [3.8, 4) is 0 Å². The number of imide groups is 1. The molecule has 0 unspecified atom stereocenters. The summed E-state index contributed by atoms with van der Waals surface area (Å²) in [6.07, 6.45) is 0.375. The van der Waals surface area contributed by atoms with Crippen LogP contribution in [0.15, 0.2) is 24.3 Å². The van der Waals surface area contributed by atoms with E-state index in [9.17, 15) is 14.4 Å². The predicted molar refractivity (Wildman–Crippen MR) is 86.0 cm³/mol. The number of hydrogen-bond donors (Lipinski definition) is 0. The first-order chi connectivity index (χ1) is 10.6. The first-order valence-electron chi connectivity index (χ1n) is 7.81. The third-order valence-corrected chi connectivity index (χ3v) is 3.51. The van der Waals surface area contributed by atoms with Gasteiger partial charge in [0.2, 0.25) is 0 Å². The van der Waals surface area contributed by atoms with Crippen LogP contribution in [-0.4, -0.2) is 34.3 Å². The Balaban J connectivity index is 2.36. The monoisotopic (exact) mass is 317 g/mol. The van der Waals surface area contributed by atoms with Crippen LogP contribution in [0.1, 0.15) is 61.8 Å². The second kappa shape index (κ2) is 6.14. The van der Waals surface area contributed by atoms with E-state index in [0.29, 0.717) is 17.5 Å². The molecule has 0 saturated carbocycles. The molecule has 1 aromatic rings. The Hall–Kier alpha value is -2.17. The SMILES string of the molecule is CC(C)C[C@@H](C(=O)OC(C)(C)C)N1C(=O)c2ccccc2C1=O.